The summed E-state index contributed by atoms with van der Waals surface area (Å²) in [5.41, 5.74) is 2.22. The second kappa shape index (κ2) is 6.30. The molecule has 0 unspecified atom stereocenters. The molecule has 1 saturated heterocycles. The van der Waals surface area contributed by atoms with Gasteiger partial charge in [0.15, 0.2) is 5.82 Å². The van der Waals surface area contributed by atoms with E-state index in [1.807, 2.05) is 24.5 Å². The Morgan fingerprint density at radius 1 is 0.913 bits per heavy atom. The molecule has 1 aliphatic rings. The molecule has 0 aliphatic carbocycles. The predicted octanol–water partition coefficient (Wildman–Crippen LogP) is 2.03. The zero-order valence-corrected chi connectivity index (χ0v) is 12.9. The maximum absolute atomic E-state index is 4.56. The molecule has 0 bridgehead atoms. The molecule has 1 fully saturated rings. The Morgan fingerprint density at radius 2 is 1.65 bits per heavy atom. The highest BCUT2D eigenvalue weighted by molar-refractivity contribution is 5.93. The Bertz CT molecular complexity index is 797. The topological polar surface area (TPSA) is 53.9 Å². The highest BCUT2D eigenvalue weighted by Gasteiger charge is 2.17. The Kier molecular flexibility index (Phi) is 3.86. The number of nitrogens with zero attached hydrogens (tertiary/aromatic N) is 4. The van der Waals surface area contributed by atoms with Gasteiger partial charge in [0.25, 0.3) is 0 Å². The van der Waals surface area contributed by atoms with E-state index in [1.165, 1.54) is 16.3 Å². The number of fused-ring (bicyclic) bond motifs is 1. The van der Waals surface area contributed by atoms with Gasteiger partial charge in [-0.15, -0.1) is 5.10 Å². The van der Waals surface area contributed by atoms with E-state index in [-0.39, 0.29) is 0 Å². The van der Waals surface area contributed by atoms with Gasteiger partial charge in [0, 0.05) is 55.8 Å². The Morgan fingerprint density at radius 3 is 2.43 bits per heavy atom. The number of benzene rings is 1. The van der Waals surface area contributed by atoms with E-state index in [9.17, 15) is 0 Å². The van der Waals surface area contributed by atoms with Crippen LogP contribution in [-0.4, -0.2) is 41.4 Å². The molecule has 3 aromatic rings. The summed E-state index contributed by atoms with van der Waals surface area (Å²) in [6, 6.07) is 12.5. The number of piperazine rings is 1. The van der Waals surface area contributed by atoms with E-state index in [0.717, 1.165) is 44.1 Å². The lowest BCUT2D eigenvalue weighted by Gasteiger charge is -2.29. The molecule has 0 amide bonds. The van der Waals surface area contributed by atoms with Crippen LogP contribution in [0, 0.1) is 0 Å². The first kappa shape index (κ1) is 14.1. The summed E-state index contributed by atoms with van der Waals surface area (Å²) in [7, 11) is 0. The van der Waals surface area contributed by atoms with Crippen LogP contribution < -0.4 is 10.2 Å². The van der Waals surface area contributed by atoms with Crippen molar-refractivity contribution in [3.63, 3.8) is 0 Å². The number of anilines is 1. The summed E-state index contributed by atoms with van der Waals surface area (Å²) in [5, 5.41) is 14.9. The van der Waals surface area contributed by atoms with E-state index in [0.29, 0.717) is 0 Å². The fraction of sp³-hybridized carbons (Fsp3) is 0.278. The minimum Gasteiger partial charge on any atom is -0.352 e. The molecule has 1 aromatic carbocycles. The summed E-state index contributed by atoms with van der Waals surface area (Å²) in [4.78, 5) is 6.40. The first-order valence-corrected chi connectivity index (χ1v) is 8.01. The highest BCUT2D eigenvalue weighted by atomic mass is 15.3. The fourth-order valence-corrected chi connectivity index (χ4v) is 3.08. The third kappa shape index (κ3) is 2.87. The van der Waals surface area contributed by atoms with Crippen LogP contribution in [0.5, 0.6) is 0 Å². The average Bonchev–Trinajstić information content (AvgIpc) is 2.64. The quantitative estimate of drug-likeness (QED) is 0.802. The van der Waals surface area contributed by atoms with Crippen molar-refractivity contribution in [2.24, 2.45) is 0 Å². The number of nitrogens with one attached hydrogen (secondary N) is 1. The first-order chi connectivity index (χ1) is 11.4. The van der Waals surface area contributed by atoms with Gasteiger partial charge < -0.3 is 10.2 Å². The SMILES string of the molecule is c1ccc2c(N3CCNCC3)nnc(Cc3ccncc3)c2c1. The van der Waals surface area contributed by atoms with Crippen molar-refractivity contribution in [1.82, 2.24) is 20.5 Å². The summed E-state index contributed by atoms with van der Waals surface area (Å²) in [6.45, 7) is 3.94. The van der Waals surface area contributed by atoms with Crippen molar-refractivity contribution in [3.8, 4) is 0 Å². The molecule has 0 radical (unpaired) electrons. The summed E-state index contributed by atoms with van der Waals surface area (Å²) >= 11 is 0. The number of hydrogen-bond donors (Lipinski definition) is 1. The van der Waals surface area contributed by atoms with Crippen molar-refractivity contribution < 1.29 is 0 Å². The molecule has 0 saturated carbocycles. The van der Waals surface area contributed by atoms with E-state index < -0.39 is 0 Å². The molecular weight excluding hydrogens is 286 g/mol. The van der Waals surface area contributed by atoms with E-state index in [1.54, 1.807) is 0 Å². The summed E-state index contributed by atoms with van der Waals surface area (Å²) < 4.78 is 0. The Balaban J connectivity index is 1.76. The van der Waals surface area contributed by atoms with Gasteiger partial charge in [0.2, 0.25) is 0 Å². The standard InChI is InChI=1S/C18H19N5/c1-2-4-16-15(3-1)17(13-14-5-7-19-8-6-14)21-22-18(16)23-11-9-20-10-12-23/h1-8,20H,9-13H2. The maximum Gasteiger partial charge on any atom is 0.159 e. The van der Waals surface area contributed by atoms with Gasteiger partial charge in [-0.05, 0) is 17.7 Å². The summed E-state index contributed by atoms with van der Waals surface area (Å²) in [5.74, 6) is 1.00. The van der Waals surface area contributed by atoms with Crippen LogP contribution in [0.25, 0.3) is 10.8 Å². The van der Waals surface area contributed by atoms with Crippen LogP contribution >= 0.6 is 0 Å². The van der Waals surface area contributed by atoms with Gasteiger partial charge in [-0.1, -0.05) is 24.3 Å². The summed E-state index contributed by atoms with van der Waals surface area (Å²) in [6.07, 6.45) is 4.41. The number of rotatable bonds is 3. The molecule has 5 nitrogen and oxygen atoms in total. The lowest BCUT2D eigenvalue weighted by atomic mass is 10.0. The van der Waals surface area contributed by atoms with Crippen molar-refractivity contribution >= 4 is 16.6 Å². The van der Waals surface area contributed by atoms with Crippen LogP contribution in [0.4, 0.5) is 5.82 Å². The minimum absolute atomic E-state index is 0.776. The normalized spacial score (nSPS) is 15.0. The Hall–Kier alpha value is -2.53. The molecule has 4 rings (SSSR count). The van der Waals surface area contributed by atoms with Crippen LogP contribution in [0.3, 0.4) is 0 Å². The molecule has 1 N–H and O–H groups in total. The van der Waals surface area contributed by atoms with Gasteiger partial charge in [0.05, 0.1) is 5.69 Å². The smallest absolute Gasteiger partial charge is 0.159 e. The van der Waals surface area contributed by atoms with E-state index in [4.69, 9.17) is 0 Å². The van der Waals surface area contributed by atoms with Gasteiger partial charge in [-0.25, -0.2) is 0 Å². The molecular formula is C18H19N5. The van der Waals surface area contributed by atoms with Gasteiger partial charge >= 0.3 is 0 Å². The second-order valence-corrected chi connectivity index (χ2v) is 5.79. The highest BCUT2D eigenvalue weighted by Crippen LogP contribution is 2.27. The van der Waals surface area contributed by atoms with Crippen LogP contribution in [0.15, 0.2) is 48.8 Å². The monoisotopic (exact) mass is 305 g/mol. The van der Waals surface area contributed by atoms with Crippen LogP contribution in [0.1, 0.15) is 11.3 Å². The minimum atomic E-state index is 0.776. The van der Waals surface area contributed by atoms with Gasteiger partial charge in [0.1, 0.15) is 0 Å². The van der Waals surface area contributed by atoms with Crippen molar-refractivity contribution in [2.45, 2.75) is 6.42 Å². The molecule has 23 heavy (non-hydrogen) atoms. The molecule has 1 aliphatic heterocycles. The zero-order valence-electron chi connectivity index (χ0n) is 12.9. The molecule has 0 atom stereocenters. The van der Waals surface area contributed by atoms with Gasteiger partial charge in [-0.2, -0.15) is 5.10 Å². The lowest BCUT2D eigenvalue weighted by Crippen LogP contribution is -2.44. The molecule has 2 aromatic heterocycles. The van der Waals surface area contributed by atoms with Crippen LogP contribution in [0.2, 0.25) is 0 Å². The fourth-order valence-electron chi connectivity index (χ4n) is 3.08. The van der Waals surface area contributed by atoms with Crippen molar-refractivity contribution in [2.75, 3.05) is 31.1 Å². The zero-order chi connectivity index (χ0) is 15.5. The molecule has 116 valence electrons. The second-order valence-electron chi connectivity index (χ2n) is 5.79. The number of pyridine rings is 1. The van der Waals surface area contributed by atoms with Crippen LogP contribution in [-0.2, 0) is 6.42 Å². The molecule has 3 heterocycles. The third-order valence-corrected chi connectivity index (χ3v) is 4.28. The average molecular weight is 305 g/mol. The first-order valence-electron chi connectivity index (χ1n) is 8.01. The van der Waals surface area contributed by atoms with Gasteiger partial charge in [-0.3, -0.25) is 4.98 Å². The third-order valence-electron chi connectivity index (χ3n) is 4.28. The molecule has 0 spiro atoms. The number of aromatic nitrogens is 3. The lowest BCUT2D eigenvalue weighted by molar-refractivity contribution is 0.584. The molecule has 5 heteroatoms. The largest absolute Gasteiger partial charge is 0.352 e. The maximum atomic E-state index is 4.56. The van der Waals surface area contributed by atoms with E-state index in [2.05, 4.69) is 49.7 Å². The van der Waals surface area contributed by atoms with Crippen molar-refractivity contribution in [1.29, 1.82) is 0 Å². The van der Waals surface area contributed by atoms with Crippen molar-refractivity contribution in [3.05, 3.63) is 60.0 Å². The number of hydrogen-bond acceptors (Lipinski definition) is 5. The van der Waals surface area contributed by atoms with E-state index >= 15 is 0 Å². The Labute approximate surface area is 135 Å². The predicted molar refractivity (Wildman–Crippen MR) is 91.7 cm³/mol.